The number of nitrogens with zero attached hydrogens (tertiary/aromatic N) is 1. The summed E-state index contributed by atoms with van der Waals surface area (Å²) in [6.07, 6.45) is 4.14. The zero-order valence-corrected chi connectivity index (χ0v) is 20.7. The summed E-state index contributed by atoms with van der Waals surface area (Å²) in [5, 5.41) is 2.94. The predicted molar refractivity (Wildman–Crippen MR) is 135 cm³/mol. The Morgan fingerprint density at radius 3 is 1.74 bits per heavy atom. The van der Waals surface area contributed by atoms with Gasteiger partial charge in [-0.25, -0.2) is 4.79 Å². The monoisotopic (exact) mass is 464 g/mol. The van der Waals surface area contributed by atoms with Crippen molar-refractivity contribution in [1.82, 2.24) is 5.32 Å². The van der Waals surface area contributed by atoms with Gasteiger partial charge < -0.3 is 10.1 Å². The van der Waals surface area contributed by atoms with Crippen LogP contribution in [-0.2, 0) is 27.2 Å². The summed E-state index contributed by atoms with van der Waals surface area (Å²) in [4.78, 5) is 40.7. The molecular formula is C28H36N2O4. The molecule has 0 aromatic heterocycles. The molecule has 0 radical (unpaired) electrons. The van der Waals surface area contributed by atoms with Crippen molar-refractivity contribution >= 4 is 23.5 Å². The number of hydrogen-bond donors (Lipinski definition) is 1. The molecule has 2 aromatic carbocycles. The zero-order valence-electron chi connectivity index (χ0n) is 20.7. The quantitative estimate of drug-likeness (QED) is 0.352. The van der Waals surface area contributed by atoms with Gasteiger partial charge in [0.2, 0.25) is 0 Å². The summed E-state index contributed by atoms with van der Waals surface area (Å²) in [6.45, 7) is 6.32. The van der Waals surface area contributed by atoms with Gasteiger partial charge in [-0.15, -0.1) is 0 Å². The van der Waals surface area contributed by atoms with Crippen molar-refractivity contribution < 1.29 is 19.1 Å². The van der Waals surface area contributed by atoms with Gasteiger partial charge in [-0.2, -0.15) is 4.99 Å². The second-order valence-electron chi connectivity index (χ2n) is 9.42. The maximum Gasteiger partial charge on any atom is 0.434 e. The molecule has 2 rings (SSSR count). The highest BCUT2D eigenvalue weighted by Crippen LogP contribution is 2.13. The van der Waals surface area contributed by atoms with Gasteiger partial charge in [-0.1, -0.05) is 60.7 Å². The molecule has 34 heavy (non-hydrogen) atoms. The van der Waals surface area contributed by atoms with Crippen molar-refractivity contribution in [3.05, 3.63) is 71.8 Å². The average molecular weight is 465 g/mol. The molecule has 2 aromatic rings. The maximum absolute atomic E-state index is 12.9. The van der Waals surface area contributed by atoms with Gasteiger partial charge in [0, 0.05) is 13.0 Å². The summed E-state index contributed by atoms with van der Waals surface area (Å²) in [5.74, 6) is -1.21. The van der Waals surface area contributed by atoms with Crippen molar-refractivity contribution in [2.24, 2.45) is 4.99 Å². The third-order valence-corrected chi connectivity index (χ3v) is 5.20. The minimum Gasteiger partial charge on any atom is -0.442 e. The Bertz CT molecular complexity index is 917. The van der Waals surface area contributed by atoms with Crippen molar-refractivity contribution in [3.8, 4) is 0 Å². The van der Waals surface area contributed by atoms with Crippen LogP contribution in [0.2, 0.25) is 0 Å². The van der Waals surface area contributed by atoms with Gasteiger partial charge in [0.1, 0.15) is 5.60 Å². The molecule has 0 spiro atoms. The van der Waals surface area contributed by atoms with Crippen LogP contribution >= 0.6 is 0 Å². The molecule has 6 heteroatoms. The van der Waals surface area contributed by atoms with E-state index in [1.54, 1.807) is 20.8 Å². The van der Waals surface area contributed by atoms with Gasteiger partial charge in [-0.05, 0) is 70.4 Å². The highest BCUT2D eigenvalue weighted by Gasteiger charge is 2.24. The number of ether oxygens (including phenoxy) is 1. The molecule has 0 fully saturated rings. The minimum absolute atomic E-state index is 0.136. The molecule has 182 valence electrons. The number of Topliss-reactive ketones (excluding diaryl/α,β-unsaturated/α-hetero) is 1. The van der Waals surface area contributed by atoms with E-state index in [-0.39, 0.29) is 6.04 Å². The third-order valence-electron chi connectivity index (χ3n) is 5.20. The number of hydrogen-bond acceptors (Lipinski definition) is 4. The van der Waals surface area contributed by atoms with E-state index in [0.29, 0.717) is 0 Å². The van der Waals surface area contributed by atoms with Crippen LogP contribution in [0.1, 0.15) is 64.5 Å². The Morgan fingerprint density at radius 2 is 1.32 bits per heavy atom. The maximum atomic E-state index is 12.9. The summed E-state index contributed by atoms with van der Waals surface area (Å²) in [7, 11) is 0. The van der Waals surface area contributed by atoms with E-state index < -0.39 is 29.1 Å². The molecule has 0 aliphatic heterocycles. The fourth-order valence-corrected chi connectivity index (χ4v) is 3.60. The highest BCUT2D eigenvalue weighted by molar-refractivity contribution is 6.66. The van der Waals surface area contributed by atoms with Crippen LogP contribution in [0.5, 0.6) is 0 Å². The molecule has 0 unspecified atom stereocenters. The zero-order chi connectivity index (χ0) is 25.0. The number of amides is 2. The van der Waals surface area contributed by atoms with Gasteiger partial charge in [0.05, 0.1) is 0 Å². The van der Waals surface area contributed by atoms with Gasteiger partial charge in [0.25, 0.3) is 5.91 Å². The Kier molecular flexibility index (Phi) is 10.7. The summed E-state index contributed by atoms with van der Waals surface area (Å²) in [6, 6.07) is 20.3. The van der Waals surface area contributed by atoms with Crippen molar-refractivity contribution in [3.63, 3.8) is 0 Å². The minimum atomic E-state index is -0.947. The number of carbonyl (C=O) groups excluding carboxylic acids is 3. The van der Waals surface area contributed by atoms with Crippen LogP contribution in [0, 0.1) is 0 Å². The standard InChI is InChI=1S/C28H36N2O4/c1-21(31)25(30-27(33)34-28(2,3)4)26(32)29-24(19-11-17-22-13-7-5-8-14-22)20-12-18-23-15-9-6-10-16-23/h5-10,13-16,24H,11-12,17-20H2,1-4H3,(H,29,32)/b30-25+. The Labute approximate surface area is 202 Å². The van der Waals surface area contributed by atoms with Gasteiger partial charge >= 0.3 is 6.09 Å². The van der Waals surface area contributed by atoms with Crippen molar-refractivity contribution in [1.29, 1.82) is 0 Å². The Balaban J connectivity index is 2.04. The first-order valence-electron chi connectivity index (χ1n) is 11.9. The molecule has 0 bridgehead atoms. The normalized spacial score (nSPS) is 11.9. The lowest BCUT2D eigenvalue weighted by Crippen LogP contribution is -2.42. The molecule has 0 aliphatic rings. The summed E-state index contributed by atoms with van der Waals surface area (Å²) in [5.41, 5.74) is 1.29. The Morgan fingerprint density at radius 1 is 0.853 bits per heavy atom. The molecule has 2 amide bonds. The fourth-order valence-electron chi connectivity index (χ4n) is 3.60. The van der Waals surface area contributed by atoms with E-state index in [1.165, 1.54) is 18.1 Å². The number of ketones is 1. The molecule has 0 saturated heterocycles. The fraction of sp³-hybridized carbons (Fsp3) is 0.429. The van der Waals surface area contributed by atoms with E-state index in [2.05, 4.69) is 34.6 Å². The first kappa shape index (κ1) is 27.0. The van der Waals surface area contributed by atoms with Gasteiger partial charge in [0.15, 0.2) is 11.5 Å². The lowest BCUT2D eigenvalue weighted by atomic mass is 9.99. The molecule has 0 saturated carbocycles. The smallest absolute Gasteiger partial charge is 0.434 e. The lowest BCUT2D eigenvalue weighted by molar-refractivity contribution is -0.117. The number of benzene rings is 2. The topological polar surface area (TPSA) is 84.8 Å². The second kappa shape index (κ2) is 13.4. The van der Waals surface area contributed by atoms with E-state index in [0.717, 1.165) is 38.5 Å². The molecular weight excluding hydrogens is 428 g/mol. The van der Waals surface area contributed by atoms with Crippen molar-refractivity contribution in [2.45, 2.75) is 77.9 Å². The van der Waals surface area contributed by atoms with Crippen LogP contribution < -0.4 is 5.32 Å². The molecule has 0 heterocycles. The van der Waals surface area contributed by atoms with Crippen molar-refractivity contribution in [2.75, 3.05) is 0 Å². The summed E-state index contributed by atoms with van der Waals surface area (Å²) >= 11 is 0. The van der Waals surface area contributed by atoms with E-state index in [9.17, 15) is 14.4 Å². The summed E-state index contributed by atoms with van der Waals surface area (Å²) < 4.78 is 5.14. The SMILES string of the molecule is CC(=O)/C(=N\C(=O)OC(C)(C)C)C(=O)NC(CCCc1ccccc1)CCCc1ccccc1. The van der Waals surface area contributed by atoms with Gasteiger partial charge in [-0.3, -0.25) is 9.59 Å². The number of aryl methyl sites for hydroxylation is 2. The molecule has 6 nitrogen and oxygen atoms in total. The first-order valence-corrected chi connectivity index (χ1v) is 11.9. The Hall–Kier alpha value is -3.28. The third kappa shape index (κ3) is 10.6. The number of carbonyl (C=O) groups is 3. The average Bonchev–Trinajstić information content (AvgIpc) is 2.77. The largest absolute Gasteiger partial charge is 0.442 e. The number of rotatable bonds is 11. The van der Waals surface area contributed by atoms with E-state index in [4.69, 9.17) is 4.74 Å². The second-order valence-corrected chi connectivity index (χ2v) is 9.42. The predicted octanol–water partition coefficient (Wildman–Crippen LogP) is 5.48. The first-order chi connectivity index (χ1) is 16.1. The number of nitrogens with one attached hydrogen (secondary N) is 1. The molecule has 0 atom stereocenters. The van der Waals surface area contributed by atoms with Crippen LogP contribution in [0.4, 0.5) is 4.79 Å². The van der Waals surface area contributed by atoms with Crippen LogP contribution in [-0.4, -0.2) is 35.1 Å². The number of aliphatic imine (C=N–C) groups is 1. The molecule has 0 aliphatic carbocycles. The lowest BCUT2D eigenvalue weighted by Gasteiger charge is -2.20. The van der Waals surface area contributed by atoms with Crippen LogP contribution in [0.15, 0.2) is 65.7 Å². The van der Waals surface area contributed by atoms with Crippen LogP contribution in [0.3, 0.4) is 0 Å². The molecule has 1 N–H and O–H groups in total. The van der Waals surface area contributed by atoms with E-state index >= 15 is 0 Å². The van der Waals surface area contributed by atoms with E-state index in [1.807, 2.05) is 36.4 Å². The van der Waals surface area contributed by atoms with Crippen LogP contribution in [0.25, 0.3) is 0 Å². The highest BCUT2D eigenvalue weighted by atomic mass is 16.6.